The van der Waals surface area contributed by atoms with Gasteiger partial charge in [0.05, 0.1) is 0 Å². The molecule has 4 heteroatoms. The van der Waals surface area contributed by atoms with E-state index < -0.39 is 0 Å². The molecule has 0 saturated heterocycles. The second kappa shape index (κ2) is 8.25. The molecule has 1 N–H and O–H groups in total. The largest absolute Gasteiger partial charge is 0.313 e. The zero-order valence-electron chi connectivity index (χ0n) is 12.2. The first-order valence-electron chi connectivity index (χ1n) is 7.25. The van der Waals surface area contributed by atoms with Crippen molar-refractivity contribution in [2.24, 2.45) is 0 Å². The number of hydrogen-bond acceptors (Lipinski definition) is 2. The molecule has 0 fully saturated rings. The van der Waals surface area contributed by atoms with Gasteiger partial charge >= 0.3 is 0 Å². The Labute approximate surface area is 133 Å². The minimum Gasteiger partial charge on any atom is -0.313 e. The van der Waals surface area contributed by atoms with E-state index in [-0.39, 0.29) is 11.9 Å². The van der Waals surface area contributed by atoms with E-state index in [1.807, 2.05) is 12.3 Å². The molecule has 2 rings (SSSR count). The van der Waals surface area contributed by atoms with Crippen molar-refractivity contribution in [3.63, 3.8) is 0 Å². The van der Waals surface area contributed by atoms with Gasteiger partial charge in [0.15, 0.2) is 0 Å². The zero-order chi connectivity index (χ0) is 15.1. The van der Waals surface area contributed by atoms with Crippen molar-refractivity contribution < 1.29 is 4.39 Å². The van der Waals surface area contributed by atoms with Crippen LogP contribution in [0.25, 0.3) is 0 Å². The topological polar surface area (TPSA) is 24.9 Å². The van der Waals surface area contributed by atoms with Crippen molar-refractivity contribution >= 4 is 15.9 Å². The first-order valence-corrected chi connectivity index (χ1v) is 8.04. The normalized spacial score (nSPS) is 12.3. The van der Waals surface area contributed by atoms with Gasteiger partial charge in [-0.15, -0.1) is 0 Å². The monoisotopic (exact) mass is 350 g/mol. The number of pyridine rings is 1. The summed E-state index contributed by atoms with van der Waals surface area (Å²) in [6.07, 6.45) is 6.42. The minimum atomic E-state index is -0.191. The second-order valence-electron chi connectivity index (χ2n) is 5.16. The highest BCUT2D eigenvalue weighted by atomic mass is 79.9. The number of hydrogen-bond donors (Lipinski definition) is 1. The molecule has 0 amide bonds. The third kappa shape index (κ3) is 5.21. The van der Waals surface area contributed by atoms with Crippen LogP contribution in [0.2, 0.25) is 0 Å². The fourth-order valence-corrected chi connectivity index (χ4v) is 2.74. The maximum atomic E-state index is 13.4. The van der Waals surface area contributed by atoms with Gasteiger partial charge in [-0.25, -0.2) is 4.39 Å². The molecule has 0 bridgehead atoms. The molecule has 1 heterocycles. The third-order valence-electron chi connectivity index (χ3n) is 3.36. The smallest absolute Gasteiger partial charge is 0.123 e. The Bertz CT molecular complexity index is 560. The highest BCUT2D eigenvalue weighted by molar-refractivity contribution is 9.10. The third-order valence-corrected chi connectivity index (χ3v) is 4.14. The molecule has 2 aromatic rings. The molecule has 21 heavy (non-hydrogen) atoms. The lowest BCUT2D eigenvalue weighted by atomic mass is 9.99. The molecular formula is C17H20BrFN2. The maximum Gasteiger partial charge on any atom is 0.123 e. The highest BCUT2D eigenvalue weighted by Gasteiger charge is 2.12. The van der Waals surface area contributed by atoms with Gasteiger partial charge in [0.1, 0.15) is 5.82 Å². The van der Waals surface area contributed by atoms with Gasteiger partial charge in [0, 0.05) is 22.9 Å². The molecule has 0 aliphatic carbocycles. The number of nitrogens with one attached hydrogen (secondary N) is 1. The van der Waals surface area contributed by atoms with Crippen LogP contribution in [0.1, 0.15) is 24.5 Å². The second-order valence-corrected chi connectivity index (χ2v) is 6.01. The van der Waals surface area contributed by atoms with E-state index in [2.05, 4.69) is 39.2 Å². The molecule has 0 saturated carbocycles. The average molecular weight is 351 g/mol. The van der Waals surface area contributed by atoms with Crippen LogP contribution >= 0.6 is 15.9 Å². The Morgan fingerprint density at radius 2 is 2.14 bits per heavy atom. The molecule has 0 aliphatic heterocycles. The maximum absolute atomic E-state index is 13.4. The van der Waals surface area contributed by atoms with Crippen molar-refractivity contribution in [1.82, 2.24) is 10.3 Å². The van der Waals surface area contributed by atoms with Crippen LogP contribution in [0.5, 0.6) is 0 Å². The Kier molecular flexibility index (Phi) is 6.33. The van der Waals surface area contributed by atoms with Crippen LogP contribution in [0.3, 0.4) is 0 Å². The van der Waals surface area contributed by atoms with Crippen LogP contribution in [0.15, 0.2) is 47.2 Å². The lowest BCUT2D eigenvalue weighted by Gasteiger charge is -2.19. The number of halogens is 2. The molecule has 0 radical (unpaired) electrons. The predicted molar refractivity (Wildman–Crippen MR) is 87.8 cm³/mol. The molecule has 112 valence electrons. The fraction of sp³-hybridized carbons (Fsp3) is 0.353. The van der Waals surface area contributed by atoms with Crippen molar-refractivity contribution in [3.05, 3.63) is 64.1 Å². The Morgan fingerprint density at radius 3 is 2.86 bits per heavy atom. The standard InChI is InChI=1S/C17H20BrFN2/c1-2-7-21-16(9-13-4-3-8-20-12-13)11-14-10-15(19)5-6-17(14)18/h3-6,8,10,12,16,21H,2,7,9,11H2,1H3. The van der Waals surface area contributed by atoms with Crippen LogP contribution < -0.4 is 5.32 Å². The molecule has 1 atom stereocenters. The average Bonchev–Trinajstić information content (AvgIpc) is 2.49. The van der Waals surface area contributed by atoms with Crippen molar-refractivity contribution in [2.45, 2.75) is 32.2 Å². The van der Waals surface area contributed by atoms with Crippen LogP contribution in [0, 0.1) is 5.82 Å². The zero-order valence-corrected chi connectivity index (χ0v) is 13.7. The summed E-state index contributed by atoms with van der Waals surface area (Å²) in [5.41, 5.74) is 2.19. The summed E-state index contributed by atoms with van der Waals surface area (Å²) < 4.78 is 14.4. The van der Waals surface area contributed by atoms with Gasteiger partial charge in [0.25, 0.3) is 0 Å². The number of nitrogens with zero attached hydrogens (tertiary/aromatic N) is 1. The summed E-state index contributed by atoms with van der Waals surface area (Å²) in [7, 11) is 0. The molecule has 0 aliphatic rings. The van der Waals surface area contributed by atoms with Gasteiger partial charge in [-0.2, -0.15) is 0 Å². The van der Waals surface area contributed by atoms with Gasteiger partial charge in [-0.1, -0.05) is 28.9 Å². The fourth-order valence-electron chi connectivity index (χ4n) is 2.33. The molecule has 2 nitrogen and oxygen atoms in total. The number of benzene rings is 1. The number of rotatable bonds is 7. The summed E-state index contributed by atoms with van der Waals surface area (Å²) in [6, 6.07) is 9.15. The lowest BCUT2D eigenvalue weighted by Crippen LogP contribution is -2.34. The van der Waals surface area contributed by atoms with Gasteiger partial charge in [-0.3, -0.25) is 4.98 Å². The summed E-state index contributed by atoms with van der Waals surface area (Å²) >= 11 is 3.51. The molecule has 1 aromatic carbocycles. The Morgan fingerprint density at radius 1 is 1.29 bits per heavy atom. The Hall–Kier alpha value is -1.26. The van der Waals surface area contributed by atoms with Gasteiger partial charge in [0.2, 0.25) is 0 Å². The summed E-state index contributed by atoms with van der Waals surface area (Å²) in [5, 5.41) is 3.54. The quantitative estimate of drug-likeness (QED) is 0.811. The van der Waals surface area contributed by atoms with Crippen molar-refractivity contribution in [3.8, 4) is 0 Å². The van der Waals surface area contributed by atoms with E-state index in [1.54, 1.807) is 18.3 Å². The van der Waals surface area contributed by atoms with Crippen LogP contribution in [-0.2, 0) is 12.8 Å². The van der Waals surface area contributed by atoms with Gasteiger partial charge in [-0.05, 0) is 61.2 Å². The lowest BCUT2D eigenvalue weighted by molar-refractivity contribution is 0.502. The van der Waals surface area contributed by atoms with E-state index in [0.717, 1.165) is 35.8 Å². The SMILES string of the molecule is CCCNC(Cc1cccnc1)Cc1cc(F)ccc1Br. The van der Waals surface area contributed by atoms with Crippen LogP contribution in [0.4, 0.5) is 4.39 Å². The highest BCUT2D eigenvalue weighted by Crippen LogP contribution is 2.20. The van der Waals surface area contributed by atoms with E-state index in [1.165, 1.54) is 11.6 Å². The Balaban J connectivity index is 2.10. The first-order chi connectivity index (χ1) is 10.2. The predicted octanol–water partition coefficient (Wildman–Crippen LogP) is 4.14. The van der Waals surface area contributed by atoms with Crippen molar-refractivity contribution in [2.75, 3.05) is 6.54 Å². The van der Waals surface area contributed by atoms with Crippen LogP contribution in [-0.4, -0.2) is 17.6 Å². The van der Waals surface area contributed by atoms with Crippen molar-refractivity contribution in [1.29, 1.82) is 0 Å². The van der Waals surface area contributed by atoms with E-state index >= 15 is 0 Å². The minimum absolute atomic E-state index is 0.191. The number of aromatic nitrogens is 1. The molecule has 0 spiro atoms. The molecule has 1 unspecified atom stereocenters. The van der Waals surface area contributed by atoms with Gasteiger partial charge < -0.3 is 5.32 Å². The summed E-state index contributed by atoms with van der Waals surface area (Å²) in [6.45, 7) is 3.10. The molecular weight excluding hydrogens is 331 g/mol. The molecule has 1 aromatic heterocycles. The van der Waals surface area contributed by atoms with E-state index in [0.29, 0.717) is 0 Å². The summed E-state index contributed by atoms with van der Waals surface area (Å²) in [4.78, 5) is 4.16. The van der Waals surface area contributed by atoms with E-state index in [4.69, 9.17) is 0 Å². The first kappa shape index (κ1) is 16.1. The summed E-state index contributed by atoms with van der Waals surface area (Å²) in [5.74, 6) is -0.191. The van der Waals surface area contributed by atoms with E-state index in [9.17, 15) is 4.39 Å².